The lowest BCUT2D eigenvalue weighted by atomic mass is 9.99. The first-order chi connectivity index (χ1) is 14.9. The van der Waals surface area contributed by atoms with Crippen LogP contribution in [0.4, 0.5) is 0 Å². The minimum Gasteiger partial charge on any atom is -0.550 e. The van der Waals surface area contributed by atoms with Crippen molar-refractivity contribution in [1.82, 2.24) is 0 Å². The van der Waals surface area contributed by atoms with Gasteiger partial charge in [0.15, 0.2) is 5.78 Å². The molecule has 0 aliphatic rings. The predicted octanol–water partition coefficient (Wildman–Crippen LogP) is 4.83. The van der Waals surface area contributed by atoms with E-state index in [2.05, 4.69) is 0 Å². The summed E-state index contributed by atoms with van der Waals surface area (Å²) in [4.78, 5) is 23.8. The molecule has 0 fully saturated rings. The molecule has 7 heteroatoms. The van der Waals surface area contributed by atoms with Crippen molar-refractivity contribution >= 4 is 35.1 Å². The van der Waals surface area contributed by atoms with Crippen molar-refractivity contribution < 1.29 is 24.5 Å². The minimum absolute atomic E-state index is 0.0376. The molecule has 0 bridgehead atoms. The van der Waals surface area contributed by atoms with E-state index in [0.29, 0.717) is 46.9 Å². The van der Waals surface area contributed by atoms with Crippen LogP contribution in [0.25, 0.3) is 0 Å². The van der Waals surface area contributed by atoms with Crippen LogP contribution >= 0.6 is 23.4 Å². The summed E-state index contributed by atoms with van der Waals surface area (Å²) in [5, 5.41) is 21.8. The maximum absolute atomic E-state index is 12.2. The molecule has 5 nitrogen and oxygen atoms in total. The van der Waals surface area contributed by atoms with Crippen molar-refractivity contribution in [3.63, 3.8) is 0 Å². The first-order valence-corrected chi connectivity index (χ1v) is 11.9. The summed E-state index contributed by atoms with van der Waals surface area (Å²) in [6, 6.07) is 8.62. The number of ether oxygens (including phenoxy) is 1. The Bertz CT molecular complexity index is 913. The number of aliphatic carboxylic acids is 1. The van der Waals surface area contributed by atoms with Gasteiger partial charge in [-0.2, -0.15) is 0 Å². The number of carbonyl (C=O) groups is 2. The minimum atomic E-state index is -1.13. The zero-order chi connectivity index (χ0) is 22.8. The lowest BCUT2D eigenvalue weighted by molar-refractivity contribution is -0.304. The molecule has 0 amide bonds. The van der Waals surface area contributed by atoms with Crippen molar-refractivity contribution in [2.24, 2.45) is 0 Å². The fourth-order valence-corrected chi connectivity index (χ4v) is 4.40. The molecule has 0 aliphatic heterocycles. The highest BCUT2D eigenvalue weighted by Crippen LogP contribution is 2.34. The number of hydrogen-bond donors (Lipinski definition) is 1. The Labute approximate surface area is 192 Å². The fourth-order valence-electron chi connectivity index (χ4n) is 3.19. The molecule has 2 aromatic rings. The molecule has 0 saturated carbocycles. The zero-order valence-corrected chi connectivity index (χ0v) is 19.5. The number of thioether (sulfide) groups is 1. The highest BCUT2D eigenvalue weighted by Gasteiger charge is 2.17. The molecule has 0 spiro atoms. The van der Waals surface area contributed by atoms with E-state index in [9.17, 15) is 19.8 Å². The van der Waals surface area contributed by atoms with Gasteiger partial charge in [0.1, 0.15) is 11.5 Å². The molecule has 2 aromatic carbocycles. The normalized spacial score (nSPS) is 10.8. The lowest BCUT2D eigenvalue weighted by Gasteiger charge is -2.15. The van der Waals surface area contributed by atoms with Crippen LogP contribution in [0, 0.1) is 0 Å². The number of phenolic OH excluding ortho intramolecular Hbond substituents is 1. The van der Waals surface area contributed by atoms with Crippen LogP contribution in [0.15, 0.2) is 35.2 Å². The molecule has 0 saturated heterocycles. The van der Waals surface area contributed by atoms with Crippen molar-refractivity contribution in [3.05, 3.63) is 52.0 Å². The van der Waals surface area contributed by atoms with Crippen LogP contribution in [-0.4, -0.2) is 29.2 Å². The van der Waals surface area contributed by atoms with E-state index in [4.69, 9.17) is 16.3 Å². The SMILES string of the molecule is CCCC(=O)c1ccc(OCCCSc2ccc(CC(=O)[O-])cc2Cl)c(CCC)c1O. The van der Waals surface area contributed by atoms with E-state index in [1.165, 1.54) is 0 Å². The number of carbonyl (C=O) groups excluding carboxylic acids is 2. The van der Waals surface area contributed by atoms with Gasteiger partial charge in [-0.05, 0) is 49.1 Å². The number of halogens is 1. The van der Waals surface area contributed by atoms with Gasteiger partial charge in [0.25, 0.3) is 0 Å². The van der Waals surface area contributed by atoms with Gasteiger partial charge < -0.3 is 19.7 Å². The average Bonchev–Trinajstić information content (AvgIpc) is 2.71. The van der Waals surface area contributed by atoms with Crippen LogP contribution in [0.2, 0.25) is 5.02 Å². The second-order valence-electron chi connectivity index (χ2n) is 7.23. The molecule has 168 valence electrons. The largest absolute Gasteiger partial charge is 0.550 e. The van der Waals surface area contributed by atoms with Crippen LogP contribution < -0.4 is 9.84 Å². The Kier molecular flexibility index (Phi) is 10.2. The van der Waals surface area contributed by atoms with Crippen molar-refractivity contribution in [3.8, 4) is 11.5 Å². The number of phenols is 1. The van der Waals surface area contributed by atoms with Gasteiger partial charge in [-0.1, -0.05) is 37.9 Å². The quantitative estimate of drug-likeness (QED) is 0.260. The number of aromatic hydroxyl groups is 1. The number of Topliss-reactive ketones (excluding diaryl/α,β-unsaturated/α-hetero) is 1. The van der Waals surface area contributed by atoms with Gasteiger partial charge in [-0.15, -0.1) is 11.8 Å². The monoisotopic (exact) mass is 463 g/mol. The third kappa shape index (κ3) is 7.47. The summed E-state index contributed by atoms with van der Waals surface area (Å²) in [6.45, 7) is 4.42. The van der Waals surface area contributed by atoms with Gasteiger partial charge in [-0.25, -0.2) is 0 Å². The maximum atomic E-state index is 12.2. The molecular weight excluding hydrogens is 436 g/mol. The predicted molar refractivity (Wildman–Crippen MR) is 122 cm³/mol. The standard InChI is InChI=1S/C24H29ClO5S/c1-3-6-18-21(10-9-17(24(18)29)20(26)7-4-2)30-12-5-13-31-22-11-8-16(14-19(22)25)15-23(27)28/h8-11,14,29H,3-7,12-13,15H2,1-2H3,(H,27,28)/p-1. The smallest absolute Gasteiger partial charge is 0.166 e. The summed E-state index contributed by atoms with van der Waals surface area (Å²) >= 11 is 7.81. The Morgan fingerprint density at radius 1 is 1.16 bits per heavy atom. The first-order valence-electron chi connectivity index (χ1n) is 10.5. The number of ketones is 1. The van der Waals surface area contributed by atoms with Gasteiger partial charge in [0, 0.05) is 35.0 Å². The molecule has 0 atom stereocenters. The van der Waals surface area contributed by atoms with Crippen molar-refractivity contribution in [1.29, 1.82) is 0 Å². The molecular formula is C24H28ClO5S-. The molecule has 2 rings (SSSR count). The summed E-state index contributed by atoms with van der Waals surface area (Å²) in [5.74, 6) is 0.229. The van der Waals surface area contributed by atoms with Gasteiger partial charge in [0.05, 0.1) is 17.2 Å². The zero-order valence-electron chi connectivity index (χ0n) is 17.9. The van der Waals surface area contributed by atoms with Crippen LogP contribution in [0.3, 0.4) is 0 Å². The van der Waals surface area contributed by atoms with Crippen LogP contribution in [-0.2, 0) is 17.6 Å². The molecule has 1 N–H and O–H groups in total. The first kappa shape index (κ1) is 25.1. The maximum Gasteiger partial charge on any atom is 0.166 e. The molecule has 0 aliphatic carbocycles. The van der Waals surface area contributed by atoms with Crippen LogP contribution in [0.5, 0.6) is 11.5 Å². The van der Waals surface area contributed by atoms with E-state index < -0.39 is 5.97 Å². The van der Waals surface area contributed by atoms with E-state index in [-0.39, 0.29) is 18.0 Å². The summed E-state index contributed by atoms with van der Waals surface area (Å²) in [7, 11) is 0. The highest BCUT2D eigenvalue weighted by molar-refractivity contribution is 7.99. The molecule has 0 aromatic heterocycles. The van der Waals surface area contributed by atoms with Crippen molar-refractivity contribution in [2.45, 2.75) is 57.3 Å². The van der Waals surface area contributed by atoms with Gasteiger partial charge in [0.2, 0.25) is 0 Å². The Balaban J connectivity index is 1.92. The Morgan fingerprint density at radius 3 is 2.58 bits per heavy atom. The molecule has 0 unspecified atom stereocenters. The third-order valence-electron chi connectivity index (χ3n) is 4.67. The van der Waals surface area contributed by atoms with E-state index in [1.807, 2.05) is 19.9 Å². The number of benzene rings is 2. The molecule has 31 heavy (non-hydrogen) atoms. The molecule has 0 radical (unpaired) electrons. The number of rotatable bonds is 13. The summed E-state index contributed by atoms with van der Waals surface area (Å²) in [5.41, 5.74) is 1.66. The van der Waals surface area contributed by atoms with E-state index in [0.717, 1.165) is 29.9 Å². The topological polar surface area (TPSA) is 86.7 Å². The summed E-state index contributed by atoms with van der Waals surface area (Å²) < 4.78 is 5.91. The number of carboxylic acid groups (broad SMARTS) is 1. The van der Waals surface area contributed by atoms with Gasteiger partial charge in [-0.3, -0.25) is 4.79 Å². The molecule has 0 heterocycles. The van der Waals surface area contributed by atoms with Gasteiger partial charge >= 0.3 is 0 Å². The highest BCUT2D eigenvalue weighted by atomic mass is 35.5. The number of carboxylic acids is 1. The third-order valence-corrected chi connectivity index (χ3v) is 6.25. The van der Waals surface area contributed by atoms with E-state index >= 15 is 0 Å². The van der Waals surface area contributed by atoms with Crippen molar-refractivity contribution in [2.75, 3.05) is 12.4 Å². The lowest BCUT2D eigenvalue weighted by Crippen LogP contribution is -2.24. The Morgan fingerprint density at radius 2 is 1.94 bits per heavy atom. The average molecular weight is 464 g/mol. The second-order valence-corrected chi connectivity index (χ2v) is 8.77. The second kappa shape index (κ2) is 12.6. The Hall–Kier alpha value is -2.18. The van der Waals surface area contributed by atoms with E-state index in [1.54, 1.807) is 36.0 Å². The summed E-state index contributed by atoms with van der Waals surface area (Å²) in [6.07, 6.45) is 3.21. The fraction of sp³-hybridized carbons (Fsp3) is 0.417. The van der Waals surface area contributed by atoms with Crippen LogP contribution in [0.1, 0.15) is 61.0 Å². The number of hydrogen-bond acceptors (Lipinski definition) is 6.